The van der Waals surface area contributed by atoms with E-state index >= 15 is 0 Å². The summed E-state index contributed by atoms with van der Waals surface area (Å²) in [5.74, 6) is -0.0677. The van der Waals surface area contributed by atoms with E-state index in [1.165, 1.54) is 0 Å². The number of hydrogen-bond acceptors (Lipinski definition) is 3. The Morgan fingerprint density at radius 2 is 2.05 bits per heavy atom. The molecule has 1 saturated heterocycles. The fourth-order valence-electron chi connectivity index (χ4n) is 1.96. The van der Waals surface area contributed by atoms with Crippen molar-refractivity contribution in [3.05, 3.63) is 34.4 Å². The number of halogens is 1. The maximum Gasteiger partial charge on any atom is 0.251 e. The summed E-state index contributed by atoms with van der Waals surface area (Å²) in [5, 5.41) is 6.69. The zero-order valence-corrected chi connectivity index (χ0v) is 12.1. The molecule has 2 N–H and O–H groups in total. The molecule has 0 spiro atoms. The highest BCUT2D eigenvalue weighted by atomic mass is 35.5. The standard InChI is InChI=1S/C14H18ClN3O/c1-9(10-7-16-8-10)14(19)17-12-6-4-5-11(15)13(12)18(2)3/h4-6,16H,7-8H2,1-3H3,(H,17,19). The van der Waals surface area contributed by atoms with Gasteiger partial charge in [0.2, 0.25) is 0 Å². The first kappa shape index (κ1) is 13.9. The Morgan fingerprint density at radius 3 is 2.58 bits per heavy atom. The van der Waals surface area contributed by atoms with Crippen molar-refractivity contribution in [1.29, 1.82) is 0 Å². The predicted molar refractivity (Wildman–Crippen MR) is 80.0 cm³/mol. The van der Waals surface area contributed by atoms with Crippen LogP contribution in [0.25, 0.3) is 0 Å². The number of rotatable bonds is 3. The monoisotopic (exact) mass is 279 g/mol. The number of amides is 1. The molecular weight excluding hydrogens is 262 g/mol. The van der Waals surface area contributed by atoms with Gasteiger partial charge in [0.25, 0.3) is 5.91 Å². The van der Waals surface area contributed by atoms with Gasteiger partial charge in [0, 0.05) is 32.8 Å². The quantitative estimate of drug-likeness (QED) is 0.835. The molecule has 0 radical (unpaired) electrons. The molecule has 1 aromatic carbocycles. The van der Waals surface area contributed by atoms with Crippen molar-refractivity contribution in [2.24, 2.45) is 0 Å². The van der Waals surface area contributed by atoms with Crippen LogP contribution in [-0.4, -0.2) is 33.1 Å². The summed E-state index contributed by atoms with van der Waals surface area (Å²) in [6, 6.07) is 5.50. The van der Waals surface area contributed by atoms with Crippen LogP contribution in [0.2, 0.25) is 5.02 Å². The molecule has 2 rings (SSSR count). The highest BCUT2D eigenvalue weighted by Gasteiger charge is 2.18. The number of nitrogens with zero attached hydrogens (tertiary/aromatic N) is 1. The highest BCUT2D eigenvalue weighted by molar-refractivity contribution is 6.34. The van der Waals surface area contributed by atoms with E-state index in [-0.39, 0.29) is 5.91 Å². The van der Waals surface area contributed by atoms with Crippen LogP contribution in [0.4, 0.5) is 11.4 Å². The predicted octanol–water partition coefficient (Wildman–Crippen LogP) is 2.26. The van der Waals surface area contributed by atoms with Gasteiger partial charge in [0.05, 0.1) is 16.4 Å². The Bertz CT molecular complexity index is 531. The molecule has 5 heteroatoms. The Morgan fingerprint density at radius 1 is 1.37 bits per heavy atom. The second kappa shape index (κ2) is 5.63. The first-order valence-electron chi connectivity index (χ1n) is 6.17. The second-order valence-electron chi connectivity index (χ2n) is 4.82. The van der Waals surface area contributed by atoms with Crippen molar-refractivity contribution < 1.29 is 4.79 Å². The van der Waals surface area contributed by atoms with Crippen LogP contribution in [0.5, 0.6) is 0 Å². The van der Waals surface area contributed by atoms with Gasteiger partial charge in [-0.1, -0.05) is 17.7 Å². The Hall–Kier alpha value is -1.52. The molecule has 0 atom stereocenters. The third-order valence-electron chi connectivity index (χ3n) is 3.23. The Labute approximate surface area is 118 Å². The molecule has 1 amide bonds. The molecule has 0 aliphatic carbocycles. The Kier molecular flexibility index (Phi) is 4.12. The maximum atomic E-state index is 12.2. The number of para-hydroxylation sites is 1. The molecule has 1 heterocycles. The topological polar surface area (TPSA) is 44.4 Å². The van der Waals surface area contributed by atoms with E-state index in [4.69, 9.17) is 11.6 Å². The van der Waals surface area contributed by atoms with Crippen LogP contribution in [0.3, 0.4) is 0 Å². The summed E-state index contributed by atoms with van der Waals surface area (Å²) in [6.45, 7) is 3.45. The summed E-state index contributed by atoms with van der Waals surface area (Å²) < 4.78 is 0. The zero-order chi connectivity index (χ0) is 14.0. The van der Waals surface area contributed by atoms with Gasteiger partial charge < -0.3 is 15.5 Å². The van der Waals surface area contributed by atoms with Crippen molar-refractivity contribution in [3.8, 4) is 0 Å². The number of hydrogen-bond donors (Lipinski definition) is 2. The lowest BCUT2D eigenvalue weighted by Gasteiger charge is -2.23. The zero-order valence-electron chi connectivity index (χ0n) is 11.4. The van der Waals surface area contributed by atoms with E-state index in [1.807, 2.05) is 44.1 Å². The Balaban J connectivity index is 2.24. The minimum atomic E-state index is -0.0677. The average Bonchev–Trinajstić information content (AvgIpc) is 2.25. The van der Waals surface area contributed by atoms with Crippen molar-refractivity contribution in [3.63, 3.8) is 0 Å². The fraction of sp³-hybridized carbons (Fsp3) is 0.357. The van der Waals surface area contributed by atoms with E-state index in [0.717, 1.165) is 35.6 Å². The van der Waals surface area contributed by atoms with Crippen molar-refractivity contribution in [2.75, 3.05) is 37.4 Å². The van der Waals surface area contributed by atoms with Gasteiger partial charge in [-0.05, 0) is 24.6 Å². The van der Waals surface area contributed by atoms with Crippen LogP contribution < -0.4 is 15.5 Å². The average molecular weight is 280 g/mol. The second-order valence-corrected chi connectivity index (χ2v) is 5.22. The van der Waals surface area contributed by atoms with Crippen molar-refractivity contribution in [2.45, 2.75) is 6.92 Å². The number of nitrogens with one attached hydrogen (secondary N) is 2. The minimum absolute atomic E-state index is 0.0677. The van der Waals surface area contributed by atoms with E-state index in [9.17, 15) is 4.79 Å². The van der Waals surface area contributed by atoms with Crippen LogP contribution in [0.15, 0.2) is 29.3 Å². The van der Waals surface area contributed by atoms with E-state index < -0.39 is 0 Å². The normalized spacial score (nSPS) is 13.8. The van der Waals surface area contributed by atoms with Crippen molar-refractivity contribution in [1.82, 2.24) is 5.32 Å². The first-order chi connectivity index (χ1) is 9.00. The van der Waals surface area contributed by atoms with Crippen LogP contribution >= 0.6 is 11.6 Å². The van der Waals surface area contributed by atoms with Gasteiger partial charge in [0.15, 0.2) is 0 Å². The lowest BCUT2D eigenvalue weighted by molar-refractivity contribution is -0.112. The summed E-state index contributed by atoms with van der Waals surface area (Å²) in [6.07, 6.45) is 0. The van der Waals surface area contributed by atoms with E-state index in [2.05, 4.69) is 10.6 Å². The number of anilines is 2. The van der Waals surface area contributed by atoms with E-state index in [1.54, 1.807) is 0 Å². The van der Waals surface area contributed by atoms with Gasteiger partial charge >= 0.3 is 0 Å². The van der Waals surface area contributed by atoms with Crippen LogP contribution in [-0.2, 0) is 4.79 Å². The molecule has 1 aromatic rings. The number of benzene rings is 1. The van der Waals surface area contributed by atoms with Gasteiger partial charge in [-0.25, -0.2) is 0 Å². The van der Waals surface area contributed by atoms with E-state index in [0.29, 0.717) is 5.02 Å². The smallest absolute Gasteiger partial charge is 0.251 e. The summed E-state index contributed by atoms with van der Waals surface area (Å²) in [7, 11) is 3.80. The molecule has 1 aliphatic heterocycles. The van der Waals surface area contributed by atoms with Gasteiger partial charge in [0.1, 0.15) is 0 Å². The number of carbonyl (C=O) groups excluding carboxylic acids is 1. The lowest BCUT2D eigenvalue weighted by atomic mass is 10.0. The SMILES string of the molecule is CC(C(=O)Nc1cccc(Cl)c1N(C)C)=C1CNC1. The van der Waals surface area contributed by atoms with Gasteiger partial charge in [-0.2, -0.15) is 0 Å². The minimum Gasteiger partial charge on any atom is -0.375 e. The molecule has 19 heavy (non-hydrogen) atoms. The fourth-order valence-corrected chi connectivity index (χ4v) is 2.31. The third-order valence-corrected chi connectivity index (χ3v) is 3.53. The lowest BCUT2D eigenvalue weighted by Crippen LogP contribution is -2.36. The van der Waals surface area contributed by atoms with Crippen molar-refractivity contribution >= 4 is 28.9 Å². The van der Waals surface area contributed by atoms with Crippen LogP contribution in [0.1, 0.15) is 6.92 Å². The molecule has 1 aliphatic rings. The van der Waals surface area contributed by atoms with Crippen LogP contribution in [0, 0.1) is 0 Å². The molecule has 102 valence electrons. The number of carbonyl (C=O) groups is 1. The third kappa shape index (κ3) is 2.91. The molecule has 0 unspecified atom stereocenters. The molecular formula is C14H18ClN3O. The molecule has 0 aromatic heterocycles. The first-order valence-corrected chi connectivity index (χ1v) is 6.55. The van der Waals surface area contributed by atoms with Gasteiger partial charge in [-0.15, -0.1) is 0 Å². The molecule has 4 nitrogen and oxygen atoms in total. The highest BCUT2D eigenvalue weighted by Crippen LogP contribution is 2.32. The molecule has 0 saturated carbocycles. The maximum absolute atomic E-state index is 12.2. The molecule has 1 fully saturated rings. The van der Waals surface area contributed by atoms with Gasteiger partial charge in [-0.3, -0.25) is 4.79 Å². The summed E-state index contributed by atoms with van der Waals surface area (Å²) in [4.78, 5) is 14.1. The summed E-state index contributed by atoms with van der Waals surface area (Å²) >= 11 is 6.17. The molecule has 0 bridgehead atoms. The summed E-state index contributed by atoms with van der Waals surface area (Å²) in [5.41, 5.74) is 3.49. The largest absolute Gasteiger partial charge is 0.375 e.